The van der Waals surface area contributed by atoms with Gasteiger partial charge in [0.1, 0.15) is 5.82 Å². The Morgan fingerprint density at radius 2 is 2.36 bits per heavy atom. The highest BCUT2D eigenvalue weighted by Gasteiger charge is 2.20. The number of piperidine rings is 1. The van der Waals surface area contributed by atoms with Crippen LogP contribution in [0.4, 0.5) is 0 Å². The Balaban J connectivity index is 1.78. The Kier molecular flexibility index (Phi) is 4.43. The third-order valence-electron chi connectivity index (χ3n) is 4.55. The zero-order valence-corrected chi connectivity index (χ0v) is 13.3. The summed E-state index contributed by atoms with van der Waals surface area (Å²) in [7, 11) is 1.40. The SMILES string of the molecule is CCN1CCCC(Cc2ncc3cc(C(=O)OC)ccn23)C1. The Morgan fingerprint density at radius 1 is 1.50 bits per heavy atom. The van der Waals surface area contributed by atoms with Crippen molar-refractivity contribution >= 4 is 11.5 Å². The zero-order valence-electron chi connectivity index (χ0n) is 13.3. The first-order valence-electron chi connectivity index (χ1n) is 7.98. The lowest BCUT2D eigenvalue weighted by atomic mass is 9.94. The monoisotopic (exact) mass is 301 g/mol. The Hall–Kier alpha value is -1.88. The molecule has 0 radical (unpaired) electrons. The van der Waals surface area contributed by atoms with Crippen LogP contribution in [0.1, 0.15) is 35.9 Å². The lowest BCUT2D eigenvalue weighted by Gasteiger charge is -2.31. The van der Waals surface area contributed by atoms with Crippen molar-refractivity contribution in [2.45, 2.75) is 26.2 Å². The zero-order chi connectivity index (χ0) is 15.5. The summed E-state index contributed by atoms with van der Waals surface area (Å²) in [6.45, 7) is 5.73. The number of nitrogens with zero attached hydrogens (tertiary/aromatic N) is 3. The molecule has 1 aliphatic rings. The average Bonchev–Trinajstić information content (AvgIpc) is 2.96. The molecule has 1 fully saturated rings. The van der Waals surface area contributed by atoms with E-state index in [1.54, 1.807) is 6.07 Å². The molecule has 1 atom stereocenters. The third kappa shape index (κ3) is 2.99. The molecule has 1 unspecified atom stereocenters. The van der Waals surface area contributed by atoms with Crippen molar-refractivity contribution in [1.29, 1.82) is 0 Å². The molecule has 0 aromatic carbocycles. The van der Waals surface area contributed by atoms with E-state index in [2.05, 4.69) is 21.2 Å². The molecular formula is C17H23N3O2. The van der Waals surface area contributed by atoms with Gasteiger partial charge in [0.15, 0.2) is 0 Å². The van der Waals surface area contributed by atoms with Crippen LogP contribution in [0.5, 0.6) is 0 Å². The summed E-state index contributed by atoms with van der Waals surface area (Å²) in [5.41, 5.74) is 1.51. The topological polar surface area (TPSA) is 46.8 Å². The second kappa shape index (κ2) is 6.48. The normalized spacial score (nSPS) is 19.5. The molecule has 2 aromatic heterocycles. The lowest BCUT2D eigenvalue weighted by Crippen LogP contribution is -2.36. The van der Waals surface area contributed by atoms with Crippen LogP contribution in [0.2, 0.25) is 0 Å². The van der Waals surface area contributed by atoms with Gasteiger partial charge in [-0.15, -0.1) is 0 Å². The number of rotatable bonds is 4. The van der Waals surface area contributed by atoms with Crippen molar-refractivity contribution in [2.75, 3.05) is 26.7 Å². The van der Waals surface area contributed by atoms with Crippen LogP contribution in [0.25, 0.3) is 5.52 Å². The average molecular weight is 301 g/mol. The highest BCUT2D eigenvalue weighted by molar-refractivity contribution is 5.90. The maximum atomic E-state index is 11.6. The molecular weight excluding hydrogens is 278 g/mol. The summed E-state index contributed by atoms with van der Waals surface area (Å²) in [4.78, 5) is 18.7. The maximum Gasteiger partial charge on any atom is 0.337 e. The number of fused-ring (bicyclic) bond motifs is 1. The van der Waals surface area contributed by atoms with E-state index in [9.17, 15) is 4.79 Å². The van der Waals surface area contributed by atoms with E-state index in [1.807, 2.05) is 18.5 Å². The van der Waals surface area contributed by atoms with Crippen LogP contribution < -0.4 is 0 Å². The van der Waals surface area contributed by atoms with Crippen LogP contribution in [0.15, 0.2) is 24.5 Å². The summed E-state index contributed by atoms with van der Waals surface area (Å²) in [5, 5.41) is 0. The number of carbonyl (C=O) groups is 1. The number of imidazole rings is 1. The van der Waals surface area contributed by atoms with Gasteiger partial charge in [-0.1, -0.05) is 6.92 Å². The predicted octanol–water partition coefficient (Wildman–Crippen LogP) is 2.40. The quantitative estimate of drug-likeness (QED) is 0.814. The minimum atomic E-state index is -0.309. The standard InChI is InChI=1S/C17H23N3O2/c1-3-19-7-4-5-13(12-19)9-16-18-11-15-10-14(17(21)22-2)6-8-20(15)16/h6,8,10-11,13H,3-5,7,9,12H2,1-2H3. The number of methoxy groups -OCH3 is 1. The molecule has 0 bridgehead atoms. The molecule has 1 saturated heterocycles. The summed E-state index contributed by atoms with van der Waals surface area (Å²) in [6, 6.07) is 3.63. The summed E-state index contributed by atoms with van der Waals surface area (Å²) < 4.78 is 6.84. The van der Waals surface area contributed by atoms with Gasteiger partial charge in [-0.2, -0.15) is 0 Å². The van der Waals surface area contributed by atoms with Crippen LogP contribution in [-0.4, -0.2) is 47.0 Å². The van der Waals surface area contributed by atoms with Crippen LogP contribution in [-0.2, 0) is 11.2 Å². The van der Waals surface area contributed by atoms with Gasteiger partial charge < -0.3 is 14.0 Å². The molecule has 0 aliphatic carbocycles. The summed E-state index contributed by atoms with van der Waals surface area (Å²) in [5.74, 6) is 1.44. The number of carbonyl (C=O) groups excluding carboxylic acids is 1. The molecule has 3 heterocycles. The third-order valence-corrected chi connectivity index (χ3v) is 4.55. The van der Waals surface area contributed by atoms with Gasteiger partial charge >= 0.3 is 5.97 Å². The van der Waals surface area contributed by atoms with Gasteiger partial charge in [0.25, 0.3) is 0 Å². The Bertz CT molecular complexity index is 665. The van der Waals surface area contributed by atoms with Gasteiger partial charge in [-0.05, 0) is 44.0 Å². The number of esters is 1. The molecule has 0 N–H and O–H groups in total. The molecule has 5 nitrogen and oxygen atoms in total. The number of hydrogen-bond donors (Lipinski definition) is 0. The highest BCUT2D eigenvalue weighted by atomic mass is 16.5. The molecule has 1 aliphatic heterocycles. The largest absolute Gasteiger partial charge is 0.465 e. The van der Waals surface area contributed by atoms with Gasteiger partial charge in [0, 0.05) is 19.2 Å². The van der Waals surface area contributed by atoms with Crippen molar-refractivity contribution < 1.29 is 9.53 Å². The molecule has 2 aromatic rings. The highest BCUT2D eigenvalue weighted by Crippen LogP contribution is 2.21. The minimum Gasteiger partial charge on any atom is -0.465 e. The molecule has 0 amide bonds. The lowest BCUT2D eigenvalue weighted by molar-refractivity contribution is 0.0600. The van der Waals surface area contributed by atoms with E-state index in [0.717, 1.165) is 30.9 Å². The second-order valence-electron chi connectivity index (χ2n) is 5.98. The number of pyridine rings is 1. The second-order valence-corrected chi connectivity index (χ2v) is 5.98. The number of likely N-dealkylation sites (tertiary alicyclic amines) is 1. The van der Waals surface area contributed by atoms with Crippen molar-refractivity contribution in [3.05, 3.63) is 35.9 Å². The molecule has 0 spiro atoms. The molecule has 118 valence electrons. The predicted molar refractivity (Wildman–Crippen MR) is 85.1 cm³/mol. The number of aromatic nitrogens is 2. The fraction of sp³-hybridized carbons (Fsp3) is 0.529. The van der Waals surface area contributed by atoms with Gasteiger partial charge in [-0.3, -0.25) is 0 Å². The Morgan fingerprint density at radius 3 is 3.14 bits per heavy atom. The smallest absolute Gasteiger partial charge is 0.337 e. The first-order chi connectivity index (χ1) is 10.7. The first-order valence-corrected chi connectivity index (χ1v) is 7.98. The fourth-order valence-corrected chi connectivity index (χ4v) is 3.31. The van der Waals surface area contributed by atoms with Crippen LogP contribution >= 0.6 is 0 Å². The van der Waals surface area contributed by atoms with E-state index in [-0.39, 0.29) is 5.97 Å². The molecule has 22 heavy (non-hydrogen) atoms. The van der Waals surface area contributed by atoms with Crippen molar-refractivity contribution in [1.82, 2.24) is 14.3 Å². The van der Waals surface area contributed by atoms with Crippen molar-refractivity contribution in [3.8, 4) is 0 Å². The van der Waals surface area contributed by atoms with Crippen LogP contribution in [0.3, 0.4) is 0 Å². The fourth-order valence-electron chi connectivity index (χ4n) is 3.31. The maximum absolute atomic E-state index is 11.6. The Labute approximate surface area is 130 Å². The van der Waals surface area contributed by atoms with E-state index >= 15 is 0 Å². The number of hydrogen-bond acceptors (Lipinski definition) is 4. The van der Waals surface area contributed by atoms with E-state index < -0.39 is 0 Å². The summed E-state index contributed by atoms with van der Waals surface area (Å²) in [6.07, 6.45) is 7.29. The van der Waals surface area contributed by atoms with Gasteiger partial charge in [0.05, 0.1) is 24.4 Å². The first kappa shape index (κ1) is 15.0. The molecule has 5 heteroatoms. The van der Waals surface area contributed by atoms with Crippen LogP contribution in [0, 0.1) is 5.92 Å². The van der Waals surface area contributed by atoms with E-state index in [0.29, 0.717) is 11.5 Å². The van der Waals surface area contributed by atoms with Gasteiger partial charge in [-0.25, -0.2) is 9.78 Å². The minimum absolute atomic E-state index is 0.309. The summed E-state index contributed by atoms with van der Waals surface area (Å²) >= 11 is 0. The van der Waals surface area contributed by atoms with Crippen molar-refractivity contribution in [2.24, 2.45) is 5.92 Å². The molecule has 3 rings (SSSR count). The van der Waals surface area contributed by atoms with E-state index in [1.165, 1.54) is 26.5 Å². The molecule has 0 saturated carbocycles. The van der Waals surface area contributed by atoms with Crippen molar-refractivity contribution in [3.63, 3.8) is 0 Å². The number of ether oxygens (including phenoxy) is 1. The van der Waals surface area contributed by atoms with Gasteiger partial charge in [0.2, 0.25) is 0 Å². The van der Waals surface area contributed by atoms with E-state index in [4.69, 9.17) is 4.74 Å².